The largest absolute Gasteiger partial charge is 0.490 e. The maximum atomic E-state index is 12.6. The number of ether oxygens (including phenoxy) is 1. The molecule has 1 saturated heterocycles. The van der Waals surface area contributed by atoms with Crippen LogP contribution in [0.15, 0.2) is 52.9 Å². The van der Waals surface area contributed by atoms with Crippen LogP contribution >= 0.6 is 0 Å². The van der Waals surface area contributed by atoms with Gasteiger partial charge in [-0.2, -0.15) is 8.42 Å². The molecule has 2 aromatic rings. The molecule has 4 amide bonds. The van der Waals surface area contributed by atoms with Crippen molar-refractivity contribution in [3.05, 3.63) is 63.7 Å². The number of nitro groups is 1. The number of imide groups is 2. The number of hydrogen-bond acceptors (Lipinski definition) is 9. The van der Waals surface area contributed by atoms with Crippen LogP contribution in [-0.2, 0) is 19.7 Å². The Morgan fingerprint density at radius 1 is 1.03 bits per heavy atom. The molecule has 1 fully saturated rings. The Kier molecular flexibility index (Phi) is 6.20. The molecule has 13 heteroatoms. The van der Waals surface area contributed by atoms with Gasteiger partial charge in [-0.3, -0.25) is 30.3 Å². The first kappa shape index (κ1) is 22.4. The highest BCUT2D eigenvalue weighted by atomic mass is 32.2. The molecule has 166 valence electrons. The summed E-state index contributed by atoms with van der Waals surface area (Å²) in [5.74, 6) is -2.03. The molecule has 0 unspecified atom stereocenters. The second kappa shape index (κ2) is 8.85. The number of nitro benzene ring substituents is 1. The lowest BCUT2D eigenvalue weighted by atomic mass is 10.1. The summed E-state index contributed by atoms with van der Waals surface area (Å²) in [6.45, 7) is 1.76. The Balaban J connectivity index is 1.94. The molecule has 3 rings (SSSR count). The van der Waals surface area contributed by atoms with Gasteiger partial charge in [0.05, 0.1) is 11.5 Å². The van der Waals surface area contributed by atoms with Crippen molar-refractivity contribution in [2.24, 2.45) is 0 Å². The summed E-state index contributed by atoms with van der Waals surface area (Å²) in [7, 11) is -4.44. The second-order valence-corrected chi connectivity index (χ2v) is 7.77. The second-order valence-electron chi connectivity index (χ2n) is 6.23. The Hall–Kier alpha value is -4.26. The average Bonchev–Trinajstić information content (AvgIpc) is 2.72. The number of urea groups is 1. The van der Waals surface area contributed by atoms with Gasteiger partial charge in [0.1, 0.15) is 10.5 Å². The lowest BCUT2D eigenvalue weighted by molar-refractivity contribution is -0.385. The van der Waals surface area contributed by atoms with E-state index in [0.717, 1.165) is 18.2 Å². The van der Waals surface area contributed by atoms with Gasteiger partial charge in [0, 0.05) is 12.1 Å². The summed E-state index contributed by atoms with van der Waals surface area (Å²) in [4.78, 5) is 44.6. The zero-order chi connectivity index (χ0) is 23.5. The molecule has 0 atom stereocenters. The monoisotopic (exact) mass is 461 g/mol. The highest BCUT2D eigenvalue weighted by molar-refractivity contribution is 7.87. The van der Waals surface area contributed by atoms with Crippen LogP contribution in [0.4, 0.5) is 10.5 Å². The Labute approximate surface area is 181 Å². The number of non-ortho nitro benzene ring substituents is 1. The van der Waals surface area contributed by atoms with Crippen LogP contribution in [0.1, 0.15) is 12.5 Å². The minimum Gasteiger partial charge on any atom is -0.490 e. The number of amides is 4. The lowest BCUT2D eigenvalue weighted by Crippen LogP contribution is -2.51. The molecule has 1 heterocycles. The molecule has 0 aromatic heterocycles. The summed E-state index contributed by atoms with van der Waals surface area (Å²) in [5, 5.41) is 14.8. The number of hydrogen-bond donors (Lipinski definition) is 2. The quantitative estimate of drug-likeness (QED) is 0.204. The van der Waals surface area contributed by atoms with Gasteiger partial charge in [-0.1, -0.05) is 12.1 Å². The minimum atomic E-state index is -4.44. The molecular weight excluding hydrogens is 446 g/mol. The molecule has 0 saturated carbocycles. The molecule has 0 spiro atoms. The van der Waals surface area contributed by atoms with Crippen molar-refractivity contribution >= 4 is 39.7 Å². The fourth-order valence-corrected chi connectivity index (χ4v) is 3.62. The van der Waals surface area contributed by atoms with Crippen molar-refractivity contribution in [3.8, 4) is 11.5 Å². The number of nitrogens with one attached hydrogen (secondary N) is 2. The molecule has 1 aliphatic rings. The Bertz CT molecular complexity index is 1250. The number of carbonyl (C=O) groups is 3. The number of rotatable bonds is 7. The zero-order valence-electron chi connectivity index (χ0n) is 16.4. The van der Waals surface area contributed by atoms with Crippen LogP contribution in [0.2, 0.25) is 0 Å². The fourth-order valence-electron chi connectivity index (χ4n) is 2.64. The van der Waals surface area contributed by atoms with Crippen LogP contribution in [0, 0.1) is 10.1 Å². The van der Waals surface area contributed by atoms with Gasteiger partial charge in [-0.25, -0.2) is 4.79 Å². The van der Waals surface area contributed by atoms with Gasteiger partial charge < -0.3 is 8.92 Å². The van der Waals surface area contributed by atoms with E-state index in [9.17, 15) is 32.9 Å². The molecule has 0 bridgehead atoms. The standard InChI is InChI=1S/C19H15N3O9S/c1-2-30-16-9-11(8-14-17(23)20-19(25)21-18(14)24)6-7-15(16)31-32(28,29)13-5-3-4-12(10-13)22(26)27/h3-10H,2H2,1H3,(H2,20,21,23,24,25). The maximum absolute atomic E-state index is 12.6. The summed E-state index contributed by atoms with van der Waals surface area (Å²) in [6, 6.07) is 7.31. The predicted molar refractivity (Wildman–Crippen MR) is 108 cm³/mol. The van der Waals surface area contributed by atoms with Crippen molar-refractivity contribution < 1.29 is 36.6 Å². The highest BCUT2D eigenvalue weighted by Gasteiger charge is 2.28. The molecule has 0 aliphatic carbocycles. The van der Waals surface area contributed by atoms with Crippen LogP contribution in [-0.4, -0.2) is 37.8 Å². The average molecular weight is 461 g/mol. The predicted octanol–water partition coefficient (Wildman–Crippen LogP) is 1.51. The first-order valence-electron chi connectivity index (χ1n) is 8.95. The normalized spacial score (nSPS) is 13.8. The third kappa shape index (κ3) is 4.89. The van der Waals surface area contributed by atoms with Gasteiger partial charge >= 0.3 is 16.1 Å². The molecular formula is C19H15N3O9S. The van der Waals surface area contributed by atoms with E-state index in [-0.39, 0.29) is 29.2 Å². The lowest BCUT2D eigenvalue weighted by Gasteiger charge is -2.15. The van der Waals surface area contributed by atoms with E-state index in [0.29, 0.717) is 0 Å². The van der Waals surface area contributed by atoms with E-state index in [1.807, 2.05) is 10.6 Å². The summed E-state index contributed by atoms with van der Waals surface area (Å²) >= 11 is 0. The third-order valence-electron chi connectivity index (χ3n) is 4.04. The van der Waals surface area contributed by atoms with Crippen LogP contribution in [0.3, 0.4) is 0 Å². The topological polar surface area (TPSA) is 171 Å². The summed E-state index contributed by atoms with van der Waals surface area (Å²) in [5.41, 5.74) is -0.489. The minimum absolute atomic E-state index is 0.0245. The number of nitrogens with zero attached hydrogens (tertiary/aromatic N) is 1. The van der Waals surface area contributed by atoms with Crippen LogP contribution in [0.25, 0.3) is 6.08 Å². The summed E-state index contributed by atoms with van der Waals surface area (Å²) in [6.07, 6.45) is 1.18. The first-order valence-corrected chi connectivity index (χ1v) is 10.4. The fraction of sp³-hybridized carbons (Fsp3) is 0.105. The van der Waals surface area contributed by atoms with Crippen LogP contribution < -0.4 is 19.6 Å². The van der Waals surface area contributed by atoms with Gasteiger partial charge in [0.25, 0.3) is 17.5 Å². The molecule has 32 heavy (non-hydrogen) atoms. The van der Waals surface area contributed by atoms with Crippen molar-refractivity contribution in [1.29, 1.82) is 0 Å². The molecule has 2 aromatic carbocycles. The van der Waals surface area contributed by atoms with Crippen molar-refractivity contribution in [3.63, 3.8) is 0 Å². The Morgan fingerprint density at radius 2 is 1.72 bits per heavy atom. The van der Waals surface area contributed by atoms with E-state index >= 15 is 0 Å². The van der Waals surface area contributed by atoms with Gasteiger partial charge in [0.15, 0.2) is 11.5 Å². The smallest absolute Gasteiger partial charge is 0.339 e. The van der Waals surface area contributed by atoms with Gasteiger partial charge in [0.2, 0.25) is 0 Å². The van der Waals surface area contributed by atoms with E-state index in [1.165, 1.54) is 30.3 Å². The highest BCUT2D eigenvalue weighted by Crippen LogP contribution is 2.32. The Morgan fingerprint density at radius 3 is 2.34 bits per heavy atom. The van der Waals surface area contributed by atoms with E-state index in [4.69, 9.17) is 8.92 Å². The molecule has 12 nitrogen and oxygen atoms in total. The number of barbiturate groups is 1. The SMILES string of the molecule is CCOc1cc(C=C2C(=O)NC(=O)NC2=O)ccc1OS(=O)(=O)c1cccc([N+](=O)[O-])c1. The van der Waals surface area contributed by atoms with Crippen molar-refractivity contribution in [2.45, 2.75) is 11.8 Å². The van der Waals surface area contributed by atoms with Crippen molar-refractivity contribution in [1.82, 2.24) is 10.6 Å². The van der Waals surface area contributed by atoms with Crippen LogP contribution in [0.5, 0.6) is 11.5 Å². The third-order valence-corrected chi connectivity index (χ3v) is 5.27. The van der Waals surface area contributed by atoms with Crippen molar-refractivity contribution in [2.75, 3.05) is 6.61 Å². The van der Waals surface area contributed by atoms with Gasteiger partial charge in [-0.05, 0) is 36.8 Å². The molecule has 1 aliphatic heterocycles. The zero-order valence-corrected chi connectivity index (χ0v) is 17.2. The number of benzene rings is 2. The summed E-state index contributed by atoms with van der Waals surface area (Å²) < 4.78 is 35.7. The number of carbonyl (C=O) groups excluding carboxylic acids is 3. The maximum Gasteiger partial charge on any atom is 0.339 e. The molecule has 0 radical (unpaired) electrons. The van der Waals surface area contributed by atoms with Gasteiger partial charge in [-0.15, -0.1) is 0 Å². The first-order chi connectivity index (χ1) is 15.1. The van der Waals surface area contributed by atoms with E-state index in [2.05, 4.69) is 0 Å². The van der Waals surface area contributed by atoms with E-state index < -0.39 is 43.5 Å². The van der Waals surface area contributed by atoms with E-state index in [1.54, 1.807) is 6.92 Å². The molecule has 2 N–H and O–H groups in total.